The van der Waals surface area contributed by atoms with Crippen LogP contribution in [-0.4, -0.2) is 60.3 Å². The third-order valence-corrected chi connectivity index (χ3v) is 3.42. The highest BCUT2D eigenvalue weighted by Crippen LogP contribution is 2.27. The smallest absolute Gasteiger partial charge is 0.332 e. The van der Waals surface area contributed by atoms with Crippen LogP contribution in [0.1, 0.15) is 39.0 Å². The number of nitrogens with zero attached hydrogens (tertiary/aromatic N) is 1. The Bertz CT molecular complexity index is 541. The lowest BCUT2D eigenvalue weighted by molar-refractivity contribution is -0.146. The summed E-state index contributed by atoms with van der Waals surface area (Å²) in [5.41, 5.74) is 1.10. The zero-order chi connectivity index (χ0) is 18.9. The molecule has 0 saturated carbocycles. The summed E-state index contributed by atoms with van der Waals surface area (Å²) in [5.74, 6) is -0.795. The lowest BCUT2D eigenvalue weighted by Crippen LogP contribution is -2.25. The summed E-state index contributed by atoms with van der Waals surface area (Å²) in [6.07, 6.45) is -1.44. The minimum Gasteiger partial charge on any atom is -0.479 e. The molecule has 7 nitrogen and oxygen atoms in total. The van der Waals surface area contributed by atoms with Crippen molar-refractivity contribution >= 4 is 5.97 Å². The van der Waals surface area contributed by atoms with Gasteiger partial charge in [0.05, 0.1) is 25.5 Å². The maximum absolute atomic E-state index is 10.9. The first kappa shape index (κ1) is 21.3. The van der Waals surface area contributed by atoms with Crippen molar-refractivity contribution in [2.75, 3.05) is 33.0 Å². The predicted molar refractivity (Wildman–Crippen MR) is 93.1 cm³/mol. The topological polar surface area (TPSA) is 98.1 Å². The molecule has 0 radical (unpaired) electrons. The second-order valence-corrected chi connectivity index (χ2v) is 6.62. The number of aliphatic hydroxyl groups excluding tert-OH is 1. The van der Waals surface area contributed by atoms with Crippen LogP contribution >= 0.6 is 0 Å². The number of aliphatic hydroxyl groups is 1. The van der Waals surface area contributed by atoms with E-state index in [0.29, 0.717) is 50.2 Å². The van der Waals surface area contributed by atoms with Gasteiger partial charge in [0.25, 0.3) is 0 Å². The first-order valence-corrected chi connectivity index (χ1v) is 8.45. The van der Waals surface area contributed by atoms with Crippen molar-refractivity contribution in [3.63, 3.8) is 0 Å². The van der Waals surface area contributed by atoms with Crippen molar-refractivity contribution in [2.45, 2.75) is 45.6 Å². The third-order valence-electron chi connectivity index (χ3n) is 3.42. The number of ether oxygens (including phenoxy) is 3. The highest BCUT2D eigenvalue weighted by atomic mass is 16.5. The van der Waals surface area contributed by atoms with Gasteiger partial charge >= 0.3 is 5.97 Å². The summed E-state index contributed by atoms with van der Waals surface area (Å²) in [6, 6.07) is 3.43. The molecule has 2 N–H and O–H groups in total. The van der Waals surface area contributed by atoms with Gasteiger partial charge in [-0.05, 0) is 12.5 Å². The van der Waals surface area contributed by atoms with E-state index < -0.39 is 12.1 Å². The number of carboxylic acids is 1. The standard InChI is InChI=1S/C18H29NO6/c1-5-23-8-9-24-10-11-25-15-7-6-13(12-14(20)17(21)22)16(19-15)18(2,3)4/h6-7,14,20H,5,8-12H2,1-4H3,(H,21,22). The van der Waals surface area contributed by atoms with Gasteiger partial charge in [0.1, 0.15) is 6.61 Å². The molecule has 1 rings (SSSR count). The van der Waals surface area contributed by atoms with Crippen molar-refractivity contribution < 1.29 is 29.2 Å². The first-order valence-electron chi connectivity index (χ1n) is 8.45. The van der Waals surface area contributed by atoms with Crippen molar-refractivity contribution in [3.8, 4) is 5.88 Å². The third kappa shape index (κ3) is 7.81. The summed E-state index contributed by atoms with van der Waals surface area (Å²) in [5, 5.41) is 18.5. The van der Waals surface area contributed by atoms with E-state index in [1.54, 1.807) is 12.1 Å². The minimum atomic E-state index is -1.45. The van der Waals surface area contributed by atoms with E-state index in [2.05, 4.69) is 4.98 Å². The van der Waals surface area contributed by atoms with Crippen LogP contribution in [0.3, 0.4) is 0 Å². The highest BCUT2D eigenvalue weighted by molar-refractivity contribution is 5.72. The zero-order valence-corrected chi connectivity index (χ0v) is 15.4. The number of aromatic nitrogens is 1. The minimum absolute atomic E-state index is 0.00968. The fraction of sp³-hybridized carbons (Fsp3) is 0.667. The van der Waals surface area contributed by atoms with Crippen molar-refractivity contribution in [1.29, 1.82) is 0 Å². The maximum atomic E-state index is 10.9. The molecule has 0 aliphatic heterocycles. The molecule has 1 heterocycles. The number of pyridine rings is 1. The Labute approximate surface area is 148 Å². The van der Waals surface area contributed by atoms with Crippen LogP contribution in [0.15, 0.2) is 12.1 Å². The van der Waals surface area contributed by atoms with Crippen LogP contribution in [0.25, 0.3) is 0 Å². The molecule has 0 aliphatic rings. The zero-order valence-electron chi connectivity index (χ0n) is 15.4. The van der Waals surface area contributed by atoms with E-state index in [1.165, 1.54) is 0 Å². The van der Waals surface area contributed by atoms with Crippen molar-refractivity contribution in [2.24, 2.45) is 0 Å². The number of hydrogen-bond acceptors (Lipinski definition) is 6. The molecule has 0 fully saturated rings. The summed E-state index contributed by atoms with van der Waals surface area (Å²) < 4.78 is 16.2. The largest absolute Gasteiger partial charge is 0.479 e. The Hall–Kier alpha value is -1.70. The molecule has 1 aromatic rings. The van der Waals surface area contributed by atoms with E-state index in [9.17, 15) is 9.90 Å². The molecular formula is C18H29NO6. The Kier molecular flexibility index (Phi) is 8.82. The normalized spacial score (nSPS) is 12.8. The van der Waals surface area contributed by atoms with E-state index in [1.807, 2.05) is 27.7 Å². The van der Waals surface area contributed by atoms with Crippen LogP contribution in [-0.2, 0) is 26.1 Å². The molecule has 1 unspecified atom stereocenters. The monoisotopic (exact) mass is 355 g/mol. The van der Waals surface area contributed by atoms with E-state index in [4.69, 9.17) is 19.3 Å². The van der Waals surface area contributed by atoms with Crippen LogP contribution in [0.4, 0.5) is 0 Å². The average molecular weight is 355 g/mol. The fourth-order valence-corrected chi connectivity index (χ4v) is 2.23. The van der Waals surface area contributed by atoms with Gasteiger partial charge in [0.2, 0.25) is 5.88 Å². The number of carboxylic acid groups (broad SMARTS) is 1. The van der Waals surface area contributed by atoms with Crippen LogP contribution in [0.5, 0.6) is 5.88 Å². The van der Waals surface area contributed by atoms with Gasteiger partial charge in [0.15, 0.2) is 6.10 Å². The van der Waals surface area contributed by atoms with Gasteiger partial charge in [-0.25, -0.2) is 9.78 Å². The molecule has 7 heteroatoms. The first-order chi connectivity index (χ1) is 11.8. The van der Waals surface area contributed by atoms with Gasteiger partial charge in [-0.2, -0.15) is 0 Å². The highest BCUT2D eigenvalue weighted by Gasteiger charge is 2.24. The molecule has 0 spiro atoms. The summed E-state index contributed by atoms with van der Waals surface area (Å²) in [6.45, 7) is 10.4. The summed E-state index contributed by atoms with van der Waals surface area (Å²) in [7, 11) is 0. The second-order valence-electron chi connectivity index (χ2n) is 6.62. The molecule has 25 heavy (non-hydrogen) atoms. The van der Waals surface area contributed by atoms with E-state index in [-0.39, 0.29) is 11.8 Å². The molecule has 0 amide bonds. The van der Waals surface area contributed by atoms with E-state index in [0.717, 1.165) is 0 Å². The number of hydrogen-bond donors (Lipinski definition) is 2. The predicted octanol–water partition coefficient (Wildman–Crippen LogP) is 1.80. The van der Waals surface area contributed by atoms with E-state index >= 15 is 0 Å². The second kappa shape index (κ2) is 10.3. The fourth-order valence-electron chi connectivity index (χ4n) is 2.23. The van der Waals surface area contributed by atoms with Gasteiger partial charge in [-0.1, -0.05) is 26.8 Å². The van der Waals surface area contributed by atoms with Gasteiger partial charge < -0.3 is 24.4 Å². The number of aliphatic carboxylic acids is 1. The van der Waals surface area contributed by atoms with Crippen molar-refractivity contribution in [3.05, 3.63) is 23.4 Å². The van der Waals surface area contributed by atoms with Gasteiger partial charge in [-0.15, -0.1) is 0 Å². The maximum Gasteiger partial charge on any atom is 0.332 e. The molecule has 0 bridgehead atoms. The number of rotatable bonds is 11. The SMILES string of the molecule is CCOCCOCCOc1ccc(CC(O)C(=O)O)c(C(C)(C)C)n1. The van der Waals surface area contributed by atoms with Gasteiger partial charge in [-0.3, -0.25) is 0 Å². The Morgan fingerprint density at radius 2 is 1.80 bits per heavy atom. The molecule has 1 atom stereocenters. The molecule has 0 aromatic carbocycles. The number of carbonyl (C=O) groups is 1. The Morgan fingerprint density at radius 3 is 2.40 bits per heavy atom. The molecule has 0 saturated heterocycles. The van der Waals surface area contributed by atoms with Crippen LogP contribution in [0, 0.1) is 0 Å². The summed E-state index contributed by atoms with van der Waals surface area (Å²) in [4.78, 5) is 15.4. The lowest BCUT2D eigenvalue weighted by Gasteiger charge is -2.23. The van der Waals surface area contributed by atoms with Crippen molar-refractivity contribution in [1.82, 2.24) is 4.98 Å². The molecule has 0 aliphatic carbocycles. The van der Waals surface area contributed by atoms with Crippen LogP contribution < -0.4 is 4.74 Å². The Balaban J connectivity index is 2.66. The van der Waals surface area contributed by atoms with Gasteiger partial charge in [0, 0.05) is 24.5 Å². The molecule has 142 valence electrons. The molecule has 1 aromatic heterocycles. The average Bonchev–Trinajstić information content (AvgIpc) is 2.54. The van der Waals surface area contributed by atoms with Crippen LogP contribution in [0.2, 0.25) is 0 Å². The summed E-state index contributed by atoms with van der Waals surface area (Å²) >= 11 is 0. The lowest BCUT2D eigenvalue weighted by atomic mass is 9.87. The quantitative estimate of drug-likeness (QED) is 0.584. The Morgan fingerprint density at radius 1 is 1.16 bits per heavy atom. The molecular weight excluding hydrogens is 326 g/mol.